The largest absolute Gasteiger partial charge is 0.366 e. The van der Waals surface area contributed by atoms with Gasteiger partial charge >= 0.3 is 0 Å². The van der Waals surface area contributed by atoms with Crippen molar-refractivity contribution in [2.75, 3.05) is 14.1 Å². The van der Waals surface area contributed by atoms with Crippen LogP contribution in [0.25, 0.3) is 0 Å². The number of likely N-dealkylation sites (N-methyl/N-ethyl adjacent to an activating group) is 1. The van der Waals surface area contributed by atoms with E-state index in [9.17, 15) is 8.78 Å². The van der Waals surface area contributed by atoms with E-state index in [1.165, 1.54) is 12.1 Å². The number of benzene rings is 1. The molecule has 0 atom stereocenters. The minimum atomic E-state index is -0.605. The number of nitrogens with one attached hydrogen (secondary N) is 1. The second-order valence-electron chi connectivity index (χ2n) is 3.30. The molecule has 1 N–H and O–H groups in total. The van der Waals surface area contributed by atoms with Gasteiger partial charge < -0.3 is 4.90 Å². The third-order valence-electron chi connectivity index (χ3n) is 1.83. The molecule has 0 aliphatic rings. The number of nitrogens with zero attached hydrogens (tertiary/aromatic N) is 1. The summed E-state index contributed by atoms with van der Waals surface area (Å²) in [5, 5.41) is 7.50. The van der Waals surface area contributed by atoms with Crippen LogP contribution in [0, 0.1) is 17.0 Å². The van der Waals surface area contributed by atoms with E-state index < -0.39 is 11.6 Å². The molecule has 0 aliphatic heterocycles. The van der Waals surface area contributed by atoms with Gasteiger partial charge in [-0.1, -0.05) is 0 Å². The highest BCUT2D eigenvalue weighted by atomic mass is 19.1. The molecule has 0 saturated carbocycles. The highest BCUT2D eigenvalue weighted by Crippen LogP contribution is 2.09. The molecule has 0 heterocycles. The second-order valence-corrected chi connectivity index (χ2v) is 3.30. The van der Waals surface area contributed by atoms with Gasteiger partial charge in [-0.2, -0.15) is 0 Å². The van der Waals surface area contributed by atoms with Crippen LogP contribution in [0.2, 0.25) is 0 Å². The van der Waals surface area contributed by atoms with Gasteiger partial charge in [-0.05, 0) is 17.7 Å². The van der Waals surface area contributed by atoms with Crippen molar-refractivity contribution < 1.29 is 8.78 Å². The first-order chi connectivity index (χ1) is 6.49. The quantitative estimate of drug-likeness (QED) is 0.571. The minimum Gasteiger partial charge on any atom is -0.366 e. The average Bonchev–Trinajstić information content (AvgIpc) is 2.01. The lowest BCUT2D eigenvalue weighted by molar-refractivity contribution is 0.577. The predicted molar refractivity (Wildman–Crippen MR) is 51.5 cm³/mol. The molecule has 1 aromatic rings. The lowest BCUT2D eigenvalue weighted by atomic mass is 10.1. The standard InChI is InChI=1S/C10H12F2N2/c1-14(2)10(13)5-7-3-8(11)6-9(12)4-7/h3-4,6,13H,5H2,1-2H3. The summed E-state index contributed by atoms with van der Waals surface area (Å²) in [4.78, 5) is 1.60. The Labute approximate surface area is 81.7 Å². The molecule has 0 radical (unpaired) electrons. The van der Waals surface area contributed by atoms with E-state index in [1.807, 2.05) is 0 Å². The predicted octanol–water partition coefficient (Wildman–Crippen LogP) is 2.05. The van der Waals surface area contributed by atoms with Crippen LogP contribution in [-0.2, 0) is 6.42 Å². The summed E-state index contributed by atoms with van der Waals surface area (Å²) in [5.74, 6) is -0.895. The maximum atomic E-state index is 12.8. The number of halogens is 2. The van der Waals surface area contributed by atoms with Gasteiger partial charge in [0.05, 0.1) is 5.84 Å². The fourth-order valence-electron chi connectivity index (χ4n) is 1.06. The molecule has 1 aromatic carbocycles. The van der Waals surface area contributed by atoms with E-state index in [2.05, 4.69) is 0 Å². The Morgan fingerprint density at radius 3 is 2.14 bits per heavy atom. The van der Waals surface area contributed by atoms with Crippen LogP contribution in [0.15, 0.2) is 18.2 Å². The first-order valence-corrected chi connectivity index (χ1v) is 4.19. The van der Waals surface area contributed by atoms with Crippen molar-refractivity contribution in [1.82, 2.24) is 4.90 Å². The third-order valence-corrected chi connectivity index (χ3v) is 1.83. The van der Waals surface area contributed by atoms with Crippen LogP contribution in [0.5, 0.6) is 0 Å². The Morgan fingerprint density at radius 2 is 1.71 bits per heavy atom. The van der Waals surface area contributed by atoms with E-state index in [1.54, 1.807) is 19.0 Å². The zero-order chi connectivity index (χ0) is 10.7. The molecular formula is C10H12F2N2. The highest BCUT2D eigenvalue weighted by Gasteiger charge is 2.04. The van der Waals surface area contributed by atoms with Crippen molar-refractivity contribution in [3.05, 3.63) is 35.4 Å². The minimum absolute atomic E-state index is 0.238. The van der Waals surface area contributed by atoms with Gasteiger partial charge in [0.2, 0.25) is 0 Å². The van der Waals surface area contributed by atoms with Crippen molar-refractivity contribution in [3.8, 4) is 0 Å². The normalized spacial score (nSPS) is 10.0. The second kappa shape index (κ2) is 4.17. The van der Waals surface area contributed by atoms with Crippen LogP contribution in [0.1, 0.15) is 5.56 Å². The van der Waals surface area contributed by atoms with Crippen LogP contribution in [0.3, 0.4) is 0 Å². The SMILES string of the molecule is CN(C)C(=N)Cc1cc(F)cc(F)c1. The summed E-state index contributed by atoms with van der Waals surface area (Å²) in [6, 6.07) is 3.30. The Hall–Kier alpha value is -1.45. The molecule has 0 spiro atoms. The number of rotatable bonds is 2. The van der Waals surface area contributed by atoms with Crippen LogP contribution < -0.4 is 0 Å². The number of hydrogen-bond acceptors (Lipinski definition) is 1. The lowest BCUT2D eigenvalue weighted by Crippen LogP contribution is -2.22. The smallest absolute Gasteiger partial charge is 0.126 e. The van der Waals surface area contributed by atoms with Gasteiger partial charge in [0.25, 0.3) is 0 Å². The summed E-state index contributed by atoms with van der Waals surface area (Å²) in [6.07, 6.45) is 0.238. The van der Waals surface area contributed by atoms with Crippen LogP contribution in [-0.4, -0.2) is 24.8 Å². The van der Waals surface area contributed by atoms with Gasteiger partial charge in [-0.25, -0.2) is 8.78 Å². The molecule has 2 nitrogen and oxygen atoms in total. The van der Waals surface area contributed by atoms with Crippen molar-refractivity contribution in [2.45, 2.75) is 6.42 Å². The molecule has 0 aromatic heterocycles. The molecule has 0 amide bonds. The molecule has 14 heavy (non-hydrogen) atoms. The Balaban J connectivity index is 2.82. The summed E-state index contributed by atoms with van der Waals surface area (Å²) in [6.45, 7) is 0. The maximum absolute atomic E-state index is 12.8. The van der Waals surface area contributed by atoms with Crippen LogP contribution in [0.4, 0.5) is 8.78 Å². The van der Waals surface area contributed by atoms with Crippen LogP contribution >= 0.6 is 0 Å². The summed E-state index contributed by atoms with van der Waals surface area (Å²) < 4.78 is 25.5. The van der Waals surface area contributed by atoms with Gasteiger partial charge in [0.15, 0.2) is 0 Å². The van der Waals surface area contributed by atoms with E-state index in [4.69, 9.17) is 5.41 Å². The molecule has 0 saturated heterocycles. The molecule has 76 valence electrons. The van der Waals surface area contributed by atoms with E-state index in [-0.39, 0.29) is 6.42 Å². The third kappa shape index (κ3) is 2.80. The Morgan fingerprint density at radius 1 is 1.21 bits per heavy atom. The van der Waals surface area contributed by atoms with Crippen molar-refractivity contribution in [3.63, 3.8) is 0 Å². The number of hydrogen-bond donors (Lipinski definition) is 1. The average molecular weight is 198 g/mol. The summed E-state index contributed by atoms with van der Waals surface area (Å²) in [7, 11) is 3.44. The van der Waals surface area contributed by atoms with E-state index >= 15 is 0 Å². The van der Waals surface area contributed by atoms with Gasteiger partial charge in [-0.3, -0.25) is 5.41 Å². The zero-order valence-electron chi connectivity index (χ0n) is 8.14. The molecule has 4 heteroatoms. The molecule has 1 rings (SSSR count). The van der Waals surface area contributed by atoms with Gasteiger partial charge in [0.1, 0.15) is 11.6 Å². The van der Waals surface area contributed by atoms with Crippen molar-refractivity contribution in [2.24, 2.45) is 0 Å². The highest BCUT2D eigenvalue weighted by molar-refractivity contribution is 5.80. The lowest BCUT2D eigenvalue weighted by Gasteiger charge is -2.13. The summed E-state index contributed by atoms with van der Waals surface area (Å²) in [5.41, 5.74) is 0.473. The van der Waals surface area contributed by atoms with Gasteiger partial charge in [0, 0.05) is 26.6 Å². The monoisotopic (exact) mass is 198 g/mol. The summed E-state index contributed by atoms with van der Waals surface area (Å²) >= 11 is 0. The topological polar surface area (TPSA) is 27.1 Å². The fraction of sp³-hybridized carbons (Fsp3) is 0.300. The zero-order valence-corrected chi connectivity index (χ0v) is 8.14. The molecule has 0 unspecified atom stereocenters. The Kier molecular flexibility index (Phi) is 3.17. The van der Waals surface area contributed by atoms with Crippen molar-refractivity contribution in [1.29, 1.82) is 5.41 Å². The molecular weight excluding hydrogens is 186 g/mol. The maximum Gasteiger partial charge on any atom is 0.126 e. The van der Waals surface area contributed by atoms with Gasteiger partial charge in [-0.15, -0.1) is 0 Å². The molecule has 0 fully saturated rings. The molecule has 0 bridgehead atoms. The van der Waals surface area contributed by atoms with E-state index in [0.717, 1.165) is 6.07 Å². The van der Waals surface area contributed by atoms with E-state index in [0.29, 0.717) is 11.4 Å². The fourth-order valence-corrected chi connectivity index (χ4v) is 1.06. The number of amidine groups is 1. The van der Waals surface area contributed by atoms with Crippen molar-refractivity contribution >= 4 is 5.84 Å². The first-order valence-electron chi connectivity index (χ1n) is 4.19. The molecule has 0 aliphatic carbocycles. The Bertz CT molecular complexity index is 328. The first kappa shape index (κ1) is 10.6.